The molecule has 10 heteroatoms. The number of hydrazone groups is 1. The number of ether oxygens (including phenoxy) is 4. The Kier molecular flexibility index (Phi) is 9.74. The Labute approximate surface area is 219 Å². The van der Waals surface area contributed by atoms with Gasteiger partial charge < -0.3 is 24.1 Å². The number of carbonyl (C=O) groups is 2. The van der Waals surface area contributed by atoms with Gasteiger partial charge in [0.2, 0.25) is 0 Å². The maximum atomic E-state index is 12.5. The van der Waals surface area contributed by atoms with Crippen LogP contribution in [0, 0.1) is 0 Å². The molecule has 0 aliphatic heterocycles. The van der Waals surface area contributed by atoms with E-state index in [4.69, 9.17) is 35.7 Å². The lowest BCUT2D eigenvalue weighted by molar-refractivity contribution is 0.0696. The predicted octanol–water partition coefficient (Wildman–Crippen LogP) is 5.19. The molecule has 0 aliphatic carbocycles. The fourth-order valence-electron chi connectivity index (χ4n) is 3.22. The van der Waals surface area contributed by atoms with Gasteiger partial charge in [-0.3, -0.25) is 4.79 Å². The molecule has 194 valence electrons. The molecule has 0 spiro atoms. The molecule has 3 aromatic carbocycles. The Morgan fingerprint density at radius 3 is 2.30 bits per heavy atom. The maximum absolute atomic E-state index is 12.5. The van der Waals surface area contributed by atoms with Gasteiger partial charge in [0.15, 0.2) is 23.0 Å². The lowest BCUT2D eigenvalue weighted by atomic mass is 10.1. The second-order valence-electron chi connectivity index (χ2n) is 7.74. The molecule has 2 N–H and O–H groups in total. The third kappa shape index (κ3) is 7.37. The van der Waals surface area contributed by atoms with Gasteiger partial charge in [-0.1, -0.05) is 30.7 Å². The van der Waals surface area contributed by atoms with E-state index in [1.165, 1.54) is 32.6 Å². The molecule has 0 unspecified atom stereocenters. The van der Waals surface area contributed by atoms with Crippen LogP contribution in [-0.2, 0) is 6.61 Å². The Balaban J connectivity index is 1.66. The van der Waals surface area contributed by atoms with Crippen LogP contribution in [0.15, 0.2) is 59.7 Å². The van der Waals surface area contributed by atoms with Crippen molar-refractivity contribution in [2.45, 2.75) is 20.0 Å². The molecule has 0 saturated carbocycles. The Morgan fingerprint density at radius 2 is 1.65 bits per heavy atom. The van der Waals surface area contributed by atoms with Crippen LogP contribution in [0.25, 0.3) is 0 Å². The smallest absolute Gasteiger partial charge is 0.335 e. The first kappa shape index (κ1) is 27.3. The number of rotatable bonds is 12. The molecule has 9 nitrogen and oxygen atoms in total. The average Bonchev–Trinajstić information content (AvgIpc) is 2.91. The summed E-state index contributed by atoms with van der Waals surface area (Å²) in [6.45, 7) is 2.70. The van der Waals surface area contributed by atoms with Gasteiger partial charge in [-0.15, -0.1) is 0 Å². The lowest BCUT2D eigenvalue weighted by Gasteiger charge is -2.13. The van der Waals surface area contributed by atoms with Crippen LogP contribution in [0.4, 0.5) is 0 Å². The van der Waals surface area contributed by atoms with Gasteiger partial charge >= 0.3 is 5.97 Å². The summed E-state index contributed by atoms with van der Waals surface area (Å²) in [7, 11) is 2.98. The molecule has 37 heavy (non-hydrogen) atoms. The van der Waals surface area contributed by atoms with Crippen LogP contribution in [0.5, 0.6) is 23.0 Å². The number of aromatic carboxylic acids is 1. The summed E-state index contributed by atoms with van der Waals surface area (Å²) in [5.41, 5.74) is 4.34. The van der Waals surface area contributed by atoms with E-state index in [0.29, 0.717) is 40.7 Å². The third-order valence-corrected chi connectivity index (χ3v) is 5.38. The molecular weight excluding hydrogens is 500 g/mol. The quantitative estimate of drug-likeness (QED) is 0.246. The summed E-state index contributed by atoms with van der Waals surface area (Å²) in [4.78, 5) is 23.5. The molecule has 0 fully saturated rings. The fourth-order valence-corrected chi connectivity index (χ4v) is 3.50. The summed E-state index contributed by atoms with van der Waals surface area (Å²) in [5, 5.41) is 13.3. The van der Waals surface area contributed by atoms with Crippen LogP contribution < -0.4 is 24.4 Å². The molecule has 0 aliphatic rings. The van der Waals surface area contributed by atoms with Crippen LogP contribution in [-0.4, -0.2) is 44.0 Å². The summed E-state index contributed by atoms with van der Waals surface area (Å²) in [6, 6.07) is 14.5. The Hall–Kier alpha value is -4.24. The van der Waals surface area contributed by atoms with Gasteiger partial charge in [0, 0.05) is 5.56 Å². The van der Waals surface area contributed by atoms with Gasteiger partial charge in [0.25, 0.3) is 5.91 Å². The van der Waals surface area contributed by atoms with E-state index in [9.17, 15) is 9.59 Å². The van der Waals surface area contributed by atoms with Crippen molar-refractivity contribution in [2.24, 2.45) is 5.10 Å². The highest BCUT2D eigenvalue weighted by Gasteiger charge is 2.13. The van der Waals surface area contributed by atoms with E-state index in [1.54, 1.807) is 42.5 Å². The molecule has 3 rings (SSSR count). The zero-order valence-electron chi connectivity index (χ0n) is 20.6. The molecule has 0 atom stereocenters. The van der Waals surface area contributed by atoms with E-state index in [-0.39, 0.29) is 17.2 Å². The number of halogens is 1. The summed E-state index contributed by atoms with van der Waals surface area (Å²) >= 11 is 6.41. The number of nitrogens with zero attached hydrogens (tertiary/aromatic N) is 1. The van der Waals surface area contributed by atoms with Crippen molar-refractivity contribution in [1.29, 1.82) is 0 Å². The van der Waals surface area contributed by atoms with Gasteiger partial charge in [0.05, 0.1) is 37.6 Å². The first-order chi connectivity index (χ1) is 17.9. The van der Waals surface area contributed by atoms with Crippen molar-refractivity contribution in [2.75, 3.05) is 20.8 Å². The molecule has 1 amide bonds. The normalized spacial score (nSPS) is 10.7. The zero-order chi connectivity index (χ0) is 26.8. The monoisotopic (exact) mass is 526 g/mol. The number of hydrogen-bond acceptors (Lipinski definition) is 7. The topological polar surface area (TPSA) is 116 Å². The number of carboxylic acid groups (broad SMARTS) is 1. The average molecular weight is 527 g/mol. The predicted molar refractivity (Wildman–Crippen MR) is 140 cm³/mol. The maximum Gasteiger partial charge on any atom is 0.335 e. The summed E-state index contributed by atoms with van der Waals surface area (Å²) in [5.74, 6) is 0.282. The van der Waals surface area contributed by atoms with Crippen LogP contribution in [0.2, 0.25) is 5.02 Å². The summed E-state index contributed by atoms with van der Waals surface area (Å²) < 4.78 is 22.1. The zero-order valence-corrected chi connectivity index (χ0v) is 21.4. The Bertz CT molecular complexity index is 1280. The number of methoxy groups -OCH3 is 2. The highest BCUT2D eigenvalue weighted by Crippen LogP contribution is 2.36. The SMILES string of the molecule is CCCOc1ccc(C(=O)N/N=C/c2cc(Cl)c(OCc3ccc(C(=O)O)cc3)c(OC)c2)cc1OC. The molecule has 3 aromatic rings. The van der Waals surface area contributed by atoms with Gasteiger partial charge in [0.1, 0.15) is 6.61 Å². The lowest BCUT2D eigenvalue weighted by Crippen LogP contribution is -2.17. The molecular formula is C27H27ClN2O7. The Morgan fingerprint density at radius 1 is 0.946 bits per heavy atom. The van der Waals surface area contributed by atoms with E-state index >= 15 is 0 Å². The van der Waals surface area contributed by atoms with Crippen molar-refractivity contribution < 1.29 is 33.6 Å². The number of benzene rings is 3. The van der Waals surface area contributed by atoms with Crippen molar-refractivity contribution >= 4 is 29.7 Å². The minimum atomic E-state index is -1.000. The first-order valence-electron chi connectivity index (χ1n) is 11.3. The fraction of sp³-hybridized carbons (Fsp3) is 0.222. The van der Waals surface area contributed by atoms with Gasteiger partial charge in [-0.2, -0.15) is 5.10 Å². The number of hydrogen-bond donors (Lipinski definition) is 2. The van der Waals surface area contributed by atoms with E-state index in [2.05, 4.69) is 10.5 Å². The number of amides is 1. The molecule has 0 heterocycles. The third-order valence-electron chi connectivity index (χ3n) is 5.10. The first-order valence-corrected chi connectivity index (χ1v) is 11.7. The van der Waals surface area contributed by atoms with E-state index in [0.717, 1.165) is 12.0 Å². The van der Waals surface area contributed by atoms with Crippen molar-refractivity contribution in [1.82, 2.24) is 5.43 Å². The van der Waals surface area contributed by atoms with Crippen molar-refractivity contribution in [3.05, 3.63) is 81.9 Å². The van der Waals surface area contributed by atoms with Crippen molar-refractivity contribution in [3.63, 3.8) is 0 Å². The van der Waals surface area contributed by atoms with E-state index < -0.39 is 11.9 Å². The minimum Gasteiger partial charge on any atom is -0.493 e. The van der Waals surface area contributed by atoms with Crippen LogP contribution >= 0.6 is 11.6 Å². The molecule has 0 saturated heterocycles. The second-order valence-corrected chi connectivity index (χ2v) is 8.15. The summed E-state index contributed by atoms with van der Waals surface area (Å²) in [6.07, 6.45) is 2.28. The van der Waals surface area contributed by atoms with Crippen molar-refractivity contribution in [3.8, 4) is 23.0 Å². The second kappa shape index (κ2) is 13.2. The molecule has 0 radical (unpaired) electrons. The highest BCUT2D eigenvalue weighted by atomic mass is 35.5. The number of carboxylic acids is 1. The van der Waals surface area contributed by atoms with Crippen LogP contribution in [0.1, 0.15) is 45.2 Å². The molecule has 0 bridgehead atoms. The standard InChI is InChI=1S/C27H27ClN2O7/c1-4-11-36-22-10-9-20(14-23(22)34-2)26(31)30-29-15-18-12-21(28)25(24(13-18)35-3)37-16-17-5-7-19(8-6-17)27(32)33/h5-10,12-15H,4,11,16H2,1-3H3,(H,30,31)(H,32,33)/b29-15+. The van der Waals surface area contributed by atoms with Gasteiger partial charge in [-0.05, 0) is 60.0 Å². The largest absolute Gasteiger partial charge is 0.493 e. The number of nitrogens with one attached hydrogen (secondary N) is 1. The highest BCUT2D eigenvalue weighted by molar-refractivity contribution is 6.32. The van der Waals surface area contributed by atoms with E-state index in [1.807, 2.05) is 6.92 Å². The minimum absolute atomic E-state index is 0.158. The molecule has 0 aromatic heterocycles. The van der Waals surface area contributed by atoms with Gasteiger partial charge in [-0.25, -0.2) is 10.2 Å². The number of carbonyl (C=O) groups excluding carboxylic acids is 1. The van der Waals surface area contributed by atoms with Crippen LogP contribution in [0.3, 0.4) is 0 Å².